The molecule has 35 heavy (non-hydrogen) atoms. The molecular formula is C28H34N2O5. The van der Waals surface area contributed by atoms with Gasteiger partial charge in [-0.2, -0.15) is 0 Å². The van der Waals surface area contributed by atoms with Gasteiger partial charge in [-0.3, -0.25) is 4.79 Å². The molecule has 3 atom stereocenters. The highest BCUT2D eigenvalue weighted by Gasteiger charge is 2.38. The molecule has 186 valence electrons. The molecule has 0 bridgehead atoms. The molecule has 1 heterocycles. The van der Waals surface area contributed by atoms with Gasteiger partial charge in [-0.15, -0.1) is 0 Å². The van der Waals surface area contributed by atoms with E-state index in [0.717, 1.165) is 28.7 Å². The fourth-order valence-electron chi connectivity index (χ4n) is 5.33. The summed E-state index contributed by atoms with van der Waals surface area (Å²) < 4.78 is 5.65. The second kappa shape index (κ2) is 10.5. The van der Waals surface area contributed by atoms with E-state index in [1.165, 1.54) is 4.90 Å². The van der Waals surface area contributed by atoms with Crippen LogP contribution in [0.5, 0.6) is 0 Å². The Labute approximate surface area is 206 Å². The van der Waals surface area contributed by atoms with Crippen LogP contribution in [0.2, 0.25) is 0 Å². The maximum absolute atomic E-state index is 13.4. The van der Waals surface area contributed by atoms with Crippen molar-refractivity contribution < 1.29 is 24.2 Å². The number of rotatable bonds is 7. The SMILES string of the molecule is CC(C)C[C@H](NC(=O)OCC1c2ccccc2-c2ccccc21)C(=O)N1CC(C)CCC1C(=O)O. The van der Waals surface area contributed by atoms with Crippen LogP contribution >= 0.6 is 0 Å². The molecule has 1 aliphatic heterocycles. The van der Waals surface area contributed by atoms with Gasteiger partial charge in [0.1, 0.15) is 18.7 Å². The molecule has 0 radical (unpaired) electrons. The monoisotopic (exact) mass is 478 g/mol. The highest BCUT2D eigenvalue weighted by Crippen LogP contribution is 2.44. The smallest absolute Gasteiger partial charge is 0.407 e. The molecular weight excluding hydrogens is 444 g/mol. The highest BCUT2D eigenvalue weighted by atomic mass is 16.5. The van der Waals surface area contributed by atoms with Gasteiger partial charge in [0.05, 0.1) is 0 Å². The Bertz CT molecular complexity index is 1050. The van der Waals surface area contributed by atoms with E-state index >= 15 is 0 Å². The Kier molecular flexibility index (Phi) is 7.43. The predicted octanol–water partition coefficient (Wildman–Crippen LogP) is 4.65. The molecule has 2 aromatic carbocycles. The van der Waals surface area contributed by atoms with E-state index in [2.05, 4.69) is 29.6 Å². The van der Waals surface area contributed by atoms with Gasteiger partial charge in [0.25, 0.3) is 0 Å². The number of fused-ring (bicyclic) bond motifs is 3. The van der Waals surface area contributed by atoms with E-state index in [1.54, 1.807) is 0 Å². The number of carbonyl (C=O) groups excluding carboxylic acids is 2. The number of carboxylic acid groups (broad SMARTS) is 1. The number of carbonyl (C=O) groups is 3. The summed E-state index contributed by atoms with van der Waals surface area (Å²) >= 11 is 0. The van der Waals surface area contributed by atoms with Crippen molar-refractivity contribution in [2.24, 2.45) is 11.8 Å². The molecule has 4 rings (SSSR count). The molecule has 0 aromatic heterocycles. The maximum atomic E-state index is 13.4. The van der Waals surface area contributed by atoms with Crippen LogP contribution in [0, 0.1) is 11.8 Å². The number of amides is 2. The zero-order valence-electron chi connectivity index (χ0n) is 20.6. The van der Waals surface area contributed by atoms with Gasteiger partial charge >= 0.3 is 12.1 Å². The number of hydrogen-bond acceptors (Lipinski definition) is 4. The van der Waals surface area contributed by atoms with Crippen molar-refractivity contribution >= 4 is 18.0 Å². The van der Waals surface area contributed by atoms with E-state index in [0.29, 0.717) is 19.4 Å². The number of nitrogens with one attached hydrogen (secondary N) is 1. The average molecular weight is 479 g/mol. The van der Waals surface area contributed by atoms with Gasteiger partial charge in [0.15, 0.2) is 0 Å². The number of ether oxygens (including phenoxy) is 1. The first-order valence-corrected chi connectivity index (χ1v) is 12.4. The standard InChI is InChI=1S/C28H34N2O5/c1-17(2)14-24(26(31)30-15-18(3)12-13-25(30)27(32)33)29-28(34)35-16-23-21-10-6-4-8-19(21)20-9-5-7-11-22(20)23/h4-11,17-18,23-25H,12-16H2,1-3H3,(H,29,34)(H,32,33)/t18?,24-,25?/m0/s1. The number of nitrogens with zero attached hydrogens (tertiary/aromatic N) is 1. The lowest BCUT2D eigenvalue weighted by Gasteiger charge is -2.38. The van der Waals surface area contributed by atoms with Crippen molar-refractivity contribution in [2.75, 3.05) is 13.2 Å². The maximum Gasteiger partial charge on any atom is 0.407 e. The van der Waals surface area contributed by atoms with Crippen molar-refractivity contribution in [3.63, 3.8) is 0 Å². The van der Waals surface area contributed by atoms with E-state index < -0.39 is 24.1 Å². The Morgan fingerprint density at radius 2 is 1.63 bits per heavy atom. The van der Waals surface area contributed by atoms with Gasteiger partial charge in [0.2, 0.25) is 5.91 Å². The summed E-state index contributed by atoms with van der Waals surface area (Å²) in [6, 6.07) is 14.5. The van der Waals surface area contributed by atoms with E-state index in [9.17, 15) is 19.5 Å². The van der Waals surface area contributed by atoms with Gasteiger partial charge in [-0.1, -0.05) is 69.3 Å². The van der Waals surface area contributed by atoms with Gasteiger partial charge in [0, 0.05) is 12.5 Å². The van der Waals surface area contributed by atoms with Crippen LogP contribution in [0.1, 0.15) is 57.1 Å². The number of hydrogen-bond donors (Lipinski definition) is 2. The second-order valence-corrected chi connectivity index (χ2v) is 10.2. The second-order valence-electron chi connectivity index (χ2n) is 10.2. The third-order valence-corrected chi connectivity index (χ3v) is 7.03. The first-order valence-electron chi connectivity index (χ1n) is 12.4. The zero-order valence-corrected chi connectivity index (χ0v) is 20.6. The van der Waals surface area contributed by atoms with Crippen molar-refractivity contribution in [3.05, 3.63) is 59.7 Å². The Balaban J connectivity index is 1.46. The first kappa shape index (κ1) is 24.8. The number of aliphatic carboxylic acids is 1. The molecule has 2 aromatic rings. The Morgan fingerprint density at radius 3 is 2.20 bits per heavy atom. The minimum Gasteiger partial charge on any atom is -0.480 e. The third-order valence-electron chi connectivity index (χ3n) is 7.03. The van der Waals surface area contributed by atoms with Crippen molar-refractivity contribution in [1.29, 1.82) is 0 Å². The van der Waals surface area contributed by atoms with Crippen LogP contribution in [0.3, 0.4) is 0 Å². The summed E-state index contributed by atoms with van der Waals surface area (Å²) in [6.45, 7) is 6.47. The third kappa shape index (κ3) is 5.34. The molecule has 7 heteroatoms. The molecule has 2 N–H and O–H groups in total. The van der Waals surface area contributed by atoms with Crippen LogP contribution in [0.25, 0.3) is 11.1 Å². The average Bonchev–Trinajstić information content (AvgIpc) is 3.15. The molecule has 2 amide bonds. The lowest BCUT2D eigenvalue weighted by Crippen LogP contribution is -2.57. The largest absolute Gasteiger partial charge is 0.480 e. The van der Waals surface area contributed by atoms with Crippen LogP contribution in [-0.4, -0.2) is 53.2 Å². The number of piperidine rings is 1. The van der Waals surface area contributed by atoms with E-state index in [4.69, 9.17) is 4.74 Å². The lowest BCUT2D eigenvalue weighted by molar-refractivity contribution is -0.154. The number of carboxylic acids is 1. The number of alkyl carbamates (subject to hydrolysis) is 1. The summed E-state index contributed by atoms with van der Waals surface area (Å²) in [7, 11) is 0. The Hall–Kier alpha value is -3.35. The van der Waals surface area contributed by atoms with E-state index in [1.807, 2.05) is 45.0 Å². The van der Waals surface area contributed by atoms with Crippen molar-refractivity contribution in [3.8, 4) is 11.1 Å². The van der Waals surface area contributed by atoms with Gasteiger partial charge < -0.3 is 20.1 Å². The molecule has 2 aliphatic rings. The highest BCUT2D eigenvalue weighted by molar-refractivity contribution is 5.89. The molecule has 1 saturated heterocycles. The topological polar surface area (TPSA) is 95.9 Å². The minimum atomic E-state index is -1.00. The predicted molar refractivity (Wildman–Crippen MR) is 133 cm³/mol. The molecule has 1 aliphatic carbocycles. The van der Waals surface area contributed by atoms with Crippen LogP contribution in [0.4, 0.5) is 4.79 Å². The minimum absolute atomic E-state index is 0.0771. The summed E-state index contributed by atoms with van der Waals surface area (Å²) in [4.78, 5) is 39.5. The summed E-state index contributed by atoms with van der Waals surface area (Å²) in [5, 5.41) is 12.4. The van der Waals surface area contributed by atoms with Crippen molar-refractivity contribution in [1.82, 2.24) is 10.2 Å². The molecule has 1 fully saturated rings. The number of likely N-dealkylation sites (tertiary alicyclic amines) is 1. The number of benzene rings is 2. The van der Waals surface area contributed by atoms with Gasteiger partial charge in [-0.25, -0.2) is 9.59 Å². The fourth-order valence-corrected chi connectivity index (χ4v) is 5.33. The molecule has 0 saturated carbocycles. The fraction of sp³-hybridized carbons (Fsp3) is 0.464. The first-order chi connectivity index (χ1) is 16.8. The summed E-state index contributed by atoms with van der Waals surface area (Å²) in [5.41, 5.74) is 4.51. The molecule has 0 spiro atoms. The van der Waals surface area contributed by atoms with Crippen LogP contribution < -0.4 is 5.32 Å². The molecule has 7 nitrogen and oxygen atoms in total. The van der Waals surface area contributed by atoms with E-state index in [-0.39, 0.29) is 30.3 Å². The Morgan fingerprint density at radius 1 is 1.03 bits per heavy atom. The van der Waals surface area contributed by atoms with Gasteiger partial charge in [-0.05, 0) is 53.4 Å². The van der Waals surface area contributed by atoms with Crippen molar-refractivity contribution in [2.45, 2.75) is 58.0 Å². The summed E-state index contributed by atoms with van der Waals surface area (Å²) in [6.07, 6.45) is 0.917. The summed E-state index contributed by atoms with van der Waals surface area (Å²) in [5.74, 6) is -1.10. The normalized spacial score (nSPS) is 20.2. The zero-order chi connectivity index (χ0) is 25.1. The molecule has 2 unspecified atom stereocenters. The lowest BCUT2D eigenvalue weighted by atomic mass is 9.92. The quantitative estimate of drug-likeness (QED) is 0.604. The van der Waals surface area contributed by atoms with Crippen LogP contribution in [-0.2, 0) is 14.3 Å². The van der Waals surface area contributed by atoms with Crippen LogP contribution in [0.15, 0.2) is 48.5 Å².